The van der Waals surface area contributed by atoms with E-state index in [4.69, 9.17) is 11.6 Å². The first-order chi connectivity index (χ1) is 8.90. The standard InChI is InChI=1S/C11H12BrClN2O3S/c12-7-3-4-10(8(13)6-7)19(17,18)15-9-2-1-5-14-11(9)16/h3-4,6,9,15H,1-2,5H2,(H,14,16). The van der Waals surface area contributed by atoms with Crippen LogP contribution in [0.3, 0.4) is 0 Å². The van der Waals surface area contributed by atoms with Gasteiger partial charge in [0.25, 0.3) is 0 Å². The molecular weight excluding hydrogens is 356 g/mol. The third-order valence-electron chi connectivity index (χ3n) is 2.77. The molecule has 0 saturated carbocycles. The Balaban J connectivity index is 2.24. The number of carbonyl (C=O) groups is 1. The number of sulfonamides is 1. The summed E-state index contributed by atoms with van der Waals surface area (Å²) >= 11 is 9.13. The summed E-state index contributed by atoms with van der Waals surface area (Å²) in [5.41, 5.74) is 0. The molecule has 8 heteroatoms. The van der Waals surface area contributed by atoms with Gasteiger partial charge in [-0.3, -0.25) is 4.79 Å². The Kier molecular flexibility index (Phi) is 4.50. The normalized spacial score (nSPS) is 20.1. The highest BCUT2D eigenvalue weighted by molar-refractivity contribution is 9.10. The van der Waals surface area contributed by atoms with Crippen LogP contribution >= 0.6 is 27.5 Å². The van der Waals surface area contributed by atoms with E-state index < -0.39 is 16.1 Å². The molecule has 1 fully saturated rings. The number of amides is 1. The number of hydrogen-bond donors (Lipinski definition) is 2. The van der Waals surface area contributed by atoms with Crippen LogP contribution in [0.2, 0.25) is 5.02 Å². The van der Waals surface area contributed by atoms with Crippen LogP contribution in [0.1, 0.15) is 12.8 Å². The van der Waals surface area contributed by atoms with Gasteiger partial charge in [0.05, 0.1) is 5.02 Å². The number of rotatable bonds is 3. The lowest BCUT2D eigenvalue weighted by Crippen LogP contribution is -2.50. The molecule has 0 spiro atoms. The highest BCUT2D eigenvalue weighted by Crippen LogP contribution is 2.25. The molecule has 1 saturated heterocycles. The van der Waals surface area contributed by atoms with E-state index in [-0.39, 0.29) is 15.8 Å². The molecule has 19 heavy (non-hydrogen) atoms. The first-order valence-corrected chi connectivity index (χ1v) is 8.30. The van der Waals surface area contributed by atoms with Crippen molar-refractivity contribution in [2.24, 2.45) is 0 Å². The van der Waals surface area contributed by atoms with Crippen molar-refractivity contribution in [3.05, 3.63) is 27.7 Å². The van der Waals surface area contributed by atoms with Crippen LogP contribution in [0.15, 0.2) is 27.6 Å². The maximum Gasteiger partial charge on any atom is 0.242 e. The molecule has 2 N–H and O–H groups in total. The van der Waals surface area contributed by atoms with E-state index in [1.54, 1.807) is 6.07 Å². The Labute approximate surface area is 124 Å². The molecule has 1 aromatic rings. The molecule has 2 rings (SSSR count). The average molecular weight is 368 g/mol. The van der Waals surface area contributed by atoms with Crippen molar-refractivity contribution < 1.29 is 13.2 Å². The van der Waals surface area contributed by atoms with Crippen LogP contribution in [0.4, 0.5) is 0 Å². The Morgan fingerprint density at radius 3 is 2.79 bits per heavy atom. The average Bonchev–Trinajstić information content (AvgIpc) is 2.31. The molecule has 1 unspecified atom stereocenters. The molecule has 1 aromatic carbocycles. The van der Waals surface area contributed by atoms with E-state index in [1.165, 1.54) is 12.1 Å². The van der Waals surface area contributed by atoms with Crippen LogP contribution in [0.5, 0.6) is 0 Å². The molecule has 1 heterocycles. The summed E-state index contributed by atoms with van der Waals surface area (Å²) in [5, 5.41) is 2.73. The topological polar surface area (TPSA) is 75.3 Å². The molecule has 1 atom stereocenters. The van der Waals surface area contributed by atoms with Crippen molar-refractivity contribution in [2.75, 3.05) is 6.54 Å². The van der Waals surface area contributed by atoms with E-state index in [1.807, 2.05) is 0 Å². The zero-order valence-electron chi connectivity index (χ0n) is 9.82. The first kappa shape index (κ1) is 14.8. The largest absolute Gasteiger partial charge is 0.355 e. The minimum Gasteiger partial charge on any atom is -0.355 e. The number of nitrogens with one attached hydrogen (secondary N) is 2. The molecule has 0 aromatic heterocycles. The summed E-state index contributed by atoms with van der Waals surface area (Å²) in [6.45, 7) is 0.579. The first-order valence-electron chi connectivity index (χ1n) is 5.65. The molecule has 0 aliphatic carbocycles. The highest BCUT2D eigenvalue weighted by atomic mass is 79.9. The van der Waals surface area contributed by atoms with Crippen LogP contribution in [-0.4, -0.2) is 26.9 Å². The SMILES string of the molecule is O=C1NCCCC1NS(=O)(=O)c1ccc(Br)cc1Cl. The van der Waals surface area contributed by atoms with Crippen molar-refractivity contribution >= 4 is 43.5 Å². The van der Waals surface area contributed by atoms with Crippen molar-refractivity contribution in [3.63, 3.8) is 0 Å². The fourth-order valence-electron chi connectivity index (χ4n) is 1.83. The van der Waals surface area contributed by atoms with Gasteiger partial charge in [-0.25, -0.2) is 8.42 Å². The van der Waals surface area contributed by atoms with Gasteiger partial charge in [-0.05, 0) is 31.0 Å². The second-order valence-electron chi connectivity index (χ2n) is 4.18. The minimum atomic E-state index is -3.80. The van der Waals surface area contributed by atoms with E-state index in [0.717, 1.165) is 6.42 Å². The highest BCUT2D eigenvalue weighted by Gasteiger charge is 2.28. The third-order valence-corrected chi connectivity index (χ3v) is 5.21. The monoisotopic (exact) mass is 366 g/mol. The lowest BCUT2D eigenvalue weighted by Gasteiger charge is -2.22. The zero-order valence-corrected chi connectivity index (χ0v) is 13.0. The van der Waals surface area contributed by atoms with Crippen LogP contribution in [0, 0.1) is 0 Å². The van der Waals surface area contributed by atoms with Gasteiger partial charge in [-0.1, -0.05) is 27.5 Å². The fraction of sp³-hybridized carbons (Fsp3) is 0.364. The summed E-state index contributed by atoms with van der Waals surface area (Å²) in [5.74, 6) is -0.303. The molecular formula is C11H12BrClN2O3S. The maximum atomic E-state index is 12.2. The predicted octanol–water partition coefficient (Wildman–Crippen LogP) is 1.66. The van der Waals surface area contributed by atoms with Gasteiger partial charge >= 0.3 is 0 Å². The summed E-state index contributed by atoms with van der Waals surface area (Å²) in [7, 11) is -3.80. The van der Waals surface area contributed by atoms with E-state index in [0.29, 0.717) is 17.4 Å². The molecule has 1 aliphatic heterocycles. The quantitative estimate of drug-likeness (QED) is 0.853. The number of carbonyl (C=O) groups excluding carboxylic acids is 1. The van der Waals surface area contributed by atoms with Gasteiger partial charge in [-0.15, -0.1) is 0 Å². The molecule has 1 aliphatic rings. The van der Waals surface area contributed by atoms with Crippen molar-refractivity contribution in [2.45, 2.75) is 23.8 Å². The second kappa shape index (κ2) is 5.78. The summed E-state index contributed by atoms with van der Waals surface area (Å²) in [6, 6.07) is 3.74. The van der Waals surface area contributed by atoms with Crippen molar-refractivity contribution in [3.8, 4) is 0 Å². The molecule has 1 amide bonds. The van der Waals surface area contributed by atoms with Gasteiger partial charge in [0.2, 0.25) is 15.9 Å². The van der Waals surface area contributed by atoms with Gasteiger partial charge < -0.3 is 5.32 Å². The summed E-state index contributed by atoms with van der Waals surface area (Å²) in [4.78, 5) is 11.5. The van der Waals surface area contributed by atoms with Crippen molar-refractivity contribution in [1.29, 1.82) is 0 Å². The molecule has 0 bridgehead atoms. The predicted molar refractivity (Wildman–Crippen MR) is 75.5 cm³/mol. The second-order valence-corrected chi connectivity index (χ2v) is 7.19. The number of piperidine rings is 1. The summed E-state index contributed by atoms with van der Waals surface area (Å²) < 4.78 is 27.4. The Morgan fingerprint density at radius 1 is 1.42 bits per heavy atom. The minimum absolute atomic E-state index is 0.0317. The zero-order chi connectivity index (χ0) is 14.0. The Hall–Kier alpha value is -0.630. The van der Waals surface area contributed by atoms with Crippen LogP contribution < -0.4 is 10.0 Å². The van der Waals surface area contributed by atoms with E-state index in [2.05, 4.69) is 26.0 Å². The van der Waals surface area contributed by atoms with Crippen molar-refractivity contribution in [1.82, 2.24) is 10.0 Å². The molecule has 5 nitrogen and oxygen atoms in total. The number of benzene rings is 1. The lowest BCUT2D eigenvalue weighted by atomic mass is 10.1. The lowest BCUT2D eigenvalue weighted by molar-refractivity contribution is -0.124. The van der Waals surface area contributed by atoms with Crippen LogP contribution in [-0.2, 0) is 14.8 Å². The van der Waals surface area contributed by atoms with Gasteiger partial charge in [0.15, 0.2) is 0 Å². The smallest absolute Gasteiger partial charge is 0.242 e. The number of hydrogen-bond acceptors (Lipinski definition) is 3. The van der Waals surface area contributed by atoms with Gasteiger partial charge in [0, 0.05) is 11.0 Å². The number of halogens is 2. The molecule has 104 valence electrons. The maximum absolute atomic E-state index is 12.2. The fourth-order valence-corrected chi connectivity index (χ4v) is 4.10. The van der Waals surface area contributed by atoms with Gasteiger partial charge in [-0.2, -0.15) is 4.72 Å². The Morgan fingerprint density at radius 2 is 2.16 bits per heavy atom. The van der Waals surface area contributed by atoms with E-state index >= 15 is 0 Å². The third kappa shape index (κ3) is 3.47. The Bertz CT molecular complexity index is 606. The summed E-state index contributed by atoms with van der Waals surface area (Å²) in [6.07, 6.45) is 1.23. The van der Waals surface area contributed by atoms with E-state index in [9.17, 15) is 13.2 Å². The van der Waals surface area contributed by atoms with Gasteiger partial charge in [0.1, 0.15) is 10.9 Å². The van der Waals surface area contributed by atoms with Crippen LogP contribution in [0.25, 0.3) is 0 Å². The molecule has 0 radical (unpaired) electrons.